The predicted octanol–water partition coefficient (Wildman–Crippen LogP) is 1.95. The molecule has 3 N–H and O–H groups in total. The summed E-state index contributed by atoms with van der Waals surface area (Å²) in [5.41, 5.74) is 6.50. The van der Waals surface area contributed by atoms with E-state index in [1.807, 2.05) is 0 Å². The first-order valence-electron chi connectivity index (χ1n) is 7.40. The van der Waals surface area contributed by atoms with Crippen molar-refractivity contribution < 1.29 is 14.3 Å². The molecule has 5 heteroatoms. The van der Waals surface area contributed by atoms with Gasteiger partial charge in [0, 0.05) is 18.7 Å². The zero-order chi connectivity index (χ0) is 15.2. The van der Waals surface area contributed by atoms with Crippen molar-refractivity contribution in [1.29, 1.82) is 0 Å². The summed E-state index contributed by atoms with van der Waals surface area (Å²) in [7, 11) is 3.13. The van der Waals surface area contributed by atoms with Crippen molar-refractivity contribution in [2.75, 3.05) is 20.8 Å². The number of ether oxygens (including phenoxy) is 2. The summed E-state index contributed by atoms with van der Waals surface area (Å²) in [4.78, 5) is 12.3. The lowest BCUT2D eigenvalue weighted by Gasteiger charge is -2.26. The molecule has 1 saturated carbocycles. The van der Waals surface area contributed by atoms with E-state index in [9.17, 15) is 4.79 Å². The Labute approximate surface area is 125 Å². The molecule has 2 rings (SSSR count). The van der Waals surface area contributed by atoms with E-state index in [1.165, 1.54) is 0 Å². The van der Waals surface area contributed by atoms with E-state index in [0.29, 0.717) is 29.5 Å². The molecular formula is C16H24N2O3. The third-order valence-corrected chi connectivity index (χ3v) is 4.03. The maximum absolute atomic E-state index is 12.3. The lowest BCUT2D eigenvalue weighted by Crippen LogP contribution is -2.35. The molecule has 1 fully saturated rings. The van der Waals surface area contributed by atoms with Gasteiger partial charge in [0.2, 0.25) is 0 Å². The first-order valence-corrected chi connectivity index (χ1v) is 7.40. The number of nitrogens with two attached hydrogens (primary N) is 1. The van der Waals surface area contributed by atoms with E-state index < -0.39 is 0 Å². The second kappa shape index (κ2) is 7.31. The Bertz CT molecular complexity index is 490. The third-order valence-electron chi connectivity index (χ3n) is 4.03. The standard InChI is InChI=1S/C16H24N2O3/c1-20-13-6-7-14(15(9-13)21-2)16(19)18-10-11-4-3-5-12(17)8-11/h6-7,9,11-12H,3-5,8,10,17H2,1-2H3,(H,18,19). The van der Waals surface area contributed by atoms with Crippen molar-refractivity contribution in [3.63, 3.8) is 0 Å². The van der Waals surface area contributed by atoms with Crippen molar-refractivity contribution in [3.05, 3.63) is 23.8 Å². The van der Waals surface area contributed by atoms with Gasteiger partial charge in [0.1, 0.15) is 11.5 Å². The molecule has 1 aliphatic carbocycles. The van der Waals surface area contributed by atoms with Gasteiger partial charge >= 0.3 is 0 Å². The van der Waals surface area contributed by atoms with Gasteiger partial charge in [0.25, 0.3) is 5.91 Å². The van der Waals surface area contributed by atoms with Crippen molar-refractivity contribution >= 4 is 5.91 Å². The van der Waals surface area contributed by atoms with Gasteiger partial charge in [0.15, 0.2) is 0 Å². The Morgan fingerprint density at radius 1 is 1.33 bits per heavy atom. The number of benzene rings is 1. The molecule has 0 bridgehead atoms. The molecule has 0 spiro atoms. The van der Waals surface area contributed by atoms with Crippen molar-refractivity contribution in [3.8, 4) is 11.5 Å². The van der Waals surface area contributed by atoms with Gasteiger partial charge in [-0.15, -0.1) is 0 Å². The molecular weight excluding hydrogens is 268 g/mol. The highest BCUT2D eigenvalue weighted by Crippen LogP contribution is 2.25. The third kappa shape index (κ3) is 4.11. The van der Waals surface area contributed by atoms with Crippen LogP contribution in [0.15, 0.2) is 18.2 Å². The average molecular weight is 292 g/mol. The minimum absolute atomic E-state index is 0.117. The molecule has 1 aromatic carbocycles. The lowest BCUT2D eigenvalue weighted by atomic mass is 9.86. The molecule has 1 aromatic rings. The molecule has 21 heavy (non-hydrogen) atoms. The summed E-state index contributed by atoms with van der Waals surface area (Å²) in [6, 6.07) is 5.47. The van der Waals surface area contributed by atoms with Crippen LogP contribution in [0.25, 0.3) is 0 Å². The summed E-state index contributed by atoms with van der Waals surface area (Å²) in [5, 5.41) is 2.99. The number of rotatable bonds is 5. The maximum atomic E-state index is 12.3. The van der Waals surface area contributed by atoms with Crippen molar-refractivity contribution in [2.24, 2.45) is 11.7 Å². The Morgan fingerprint density at radius 3 is 2.81 bits per heavy atom. The second-order valence-electron chi connectivity index (χ2n) is 5.57. The van der Waals surface area contributed by atoms with E-state index in [2.05, 4.69) is 5.32 Å². The highest BCUT2D eigenvalue weighted by Gasteiger charge is 2.20. The van der Waals surface area contributed by atoms with Crippen LogP contribution >= 0.6 is 0 Å². The highest BCUT2D eigenvalue weighted by atomic mass is 16.5. The number of methoxy groups -OCH3 is 2. The van der Waals surface area contributed by atoms with Gasteiger partial charge in [-0.3, -0.25) is 4.79 Å². The molecule has 1 amide bonds. The van der Waals surface area contributed by atoms with Crippen LogP contribution in [0.3, 0.4) is 0 Å². The fourth-order valence-electron chi connectivity index (χ4n) is 2.84. The van der Waals surface area contributed by atoms with Gasteiger partial charge in [0.05, 0.1) is 19.8 Å². The van der Waals surface area contributed by atoms with Crippen LogP contribution in [0.1, 0.15) is 36.0 Å². The minimum atomic E-state index is -0.117. The van der Waals surface area contributed by atoms with E-state index in [4.69, 9.17) is 15.2 Å². The van der Waals surface area contributed by atoms with Crippen LogP contribution < -0.4 is 20.5 Å². The number of amides is 1. The zero-order valence-electron chi connectivity index (χ0n) is 12.7. The van der Waals surface area contributed by atoms with E-state index in [-0.39, 0.29) is 11.9 Å². The molecule has 5 nitrogen and oxygen atoms in total. The topological polar surface area (TPSA) is 73.6 Å². The SMILES string of the molecule is COc1ccc(C(=O)NCC2CCCC(N)C2)c(OC)c1. The van der Waals surface area contributed by atoms with E-state index in [0.717, 1.165) is 25.7 Å². The Balaban J connectivity index is 1.96. The van der Waals surface area contributed by atoms with Gasteiger partial charge in [-0.05, 0) is 37.3 Å². The Kier molecular flexibility index (Phi) is 5.44. The first kappa shape index (κ1) is 15.6. The number of hydrogen-bond donors (Lipinski definition) is 2. The van der Waals surface area contributed by atoms with Gasteiger partial charge in [-0.2, -0.15) is 0 Å². The zero-order valence-corrected chi connectivity index (χ0v) is 12.7. The Hall–Kier alpha value is -1.75. The summed E-state index contributed by atoms with van der Waals surface area (Å²) in [6.45, 7) is 0.668. The fourth-order valence-corrected chi connectivity index (χ4v) is 2.84. The average Bonchev–Trinajstić information content (AvgIpc) is 2.52. The van der Waals surface area contributed by atoms with Gasteiger partial charge < -0.3 is 20.5 Å². The summed E-state index contributed by atoms with van der Waals surface area (Å²) in [6.07, 6.45) is 4.36. The fraction of sp³-hybridized carbons (Fsp3) is 0.562. The lowest BCUT2D eigenvalue weighted by molar-refractivity contribution is 0.0939. The maximum Gasteiger partial charge on any atom is 0.255 e. The largest absolute Gasteiger partial charge is 0.497 e. The van der Waals surface area contributed by atoms with Crippen molar-refractivity contribution in [2.45, 2.75) is 31.7 Å². The predicted molar refractivity (Wildman–Crippen MR) is 81.8 cm³/mol. The first-order chi connectivity index (χ1) is 10.1. The Morgan fingerprint density at radius 2 is 2.14 bits per heavy atom. The minimum Gasteiger partial charge on any atom is -0.497 e. The van der Waals surface area contributed by atoms with Gasteiger partial charge in [-0.1, -0.05) is 6.42 Å². The van der Waals surface area contributed by atoms with Crippen LogP contribution in [0.4, 0.5) is 0 Å². The molecule has 2 unspecified atom stereocenters. The van der Waals surface area contributed by atoms with Crippen molar-refractivity contribution in [1.82, 2.24) is 5.32 Å². The molecule has 2 atom stereocenters. The molecule has 1 aliphatic rings. The highest BCUT2D eigenvalue weighted by molar-refractivity contribution is 5.97. The van der Waals surface area contributed by atoms with E-state index >= 15 is 0 Å². The smallest absolute Gasteiger partial charge is 0.255 e. The number of carbonyl (C=O) groups excluding carboxylic acids is 1. The monoisotopic (exact) mass is 292 g/mol. The van der Waals surface area contributed by atoms with Crippen LogP contribution in [0.2, 0.25) is 0 Å². The molecule has 0 radical (unpaired) electrons. The van der Waals surface area contributed by atoms with Crippen LogP contribution in [-0.4, -0.2) is 32.7 Å². The van der Waals surface area contributed by atoms with Gasteiger partial charge in [-0.25, -0.2) is 0 Å². The summed E-state index contributed by atoms with van der Waals surface area (Å²) in [5.74, 6) is 1.55. The normalized spacial score (nSPS) is 21.7. The number of nitrogens with one attached hydrogen (secondary N) is 1. The van der Waals surface area contributed by atoms with Crippen LogP contribution in [-0.2, 0) is 0 Å². The molecule has 0 aliphatic heterocycles. The van der Waals surface area contributed by atoms with E-state index in [1.54, 1.807) is 32.4 Å². The molecule has 116 valence electrons. The molecule has 0 aromatic heterocycles. The number of hydrogen-bond acceptors (Lipinski definition) is 4. The number of carbonyl (C=O) groups is 1. The summed E-state index contributed by atoms with van der Waals surface area (Å²) >= 11 is 0. The quantitative estimate of drug-likeness (QED) is 0.870. The second-order valence-corrected chi connectivity index (χ2v) is 5.57. The summed E-state index contributed by atoms with van der Waals surface area (Å²) < 4.78 is 10.4. The molecule has 0 heterocycles. The molecule has 0 saturated heterocycles. The van der Waals surface area contributed by atoms with Crippen LogP contribution in [0, 0.1) is 5.92 Å². The van der Waals surface area contributed by atoms with Crippen LogP contribution in [0.5, 0.6) is 11.5 Å².